The molecule has 2 aromatic carbocycles. The molecule has 1 amide bonds. The second kappa shape index (κ2) is 7.80. The topological polar surface area (TPSA) is 66.5 Å². The molecule has 0 bridgehead atoms. The minimum atomic E-state index is -3.68. The summed E-state index contributed by atoms with van der Waals surface area (Å²) in [4.78, 5) is 12.4. The Bertz CT molecular complexity index is 828. The highest BCUT2D eigenvalue weighted by atomic mass is 32.2. The molecule has 25 heavy (non-hydrogen) atoms. The highest BCUT2D eigenvalue weighted by Gasteiger charge is 2.23. The van der Waals surface area contributed by atoms with Crippen LogP contribution in [0.15, 0.2) is 53.4 Å². The predicted molar refractivity (Wildman–Crippen MR) is 98.7 cm³/mol. The largest absolute Gasteiger partial charge is 0.348 e. The Morgan fingerprint density at radius 1 is 1.00 bits per heavy atom. The molecule has 5 nitrogen and oxygen atoms in total. The molecule has 0 aromatic heterocycles. The van der Waals surface area contributed by atoms with Crippen LogP contribution in [-0.4, -0.2) is 32.2 Å². The first kappa shape index (κ1) is 19.1. The molecule has 0 spiro atoms. The maximum atomic E-state index is 12.5. The molecular weight excluding hydrogens is 336 g/mol. The van der Waals surface area contributed by atoms with Crippen LogP contribution in [0.1, 0.15) is 29.7 Å². The van der Waals surface area contributed by atoms with E-state index in [9.17, 15) is 13.2 Å². The van der Waals surface area contributed by atoms with Gasteiger partial charge in [0.05, 0.1) is 17.5 Å². The van der Waals surface area contributed by atoms with Crippen molar-refractivity contribution in [2.45, 2.75) is 31.7 Å². The second-order valence-corrected chi connectivity index (χ2v) is 8.32. The fourth-order valence-corrected chi connectivity index (χ4v) is 3.53. The number of carbonyl (C=O) groups excluding carboxylic acids is 1. The van der Waals surface area contributed by atoms with Gasteiger partial charge in [-0.15, -0.1) is 0 Å². The molecule has 134 valence electrons. The molecule has 0 aliphatic carbocycles. The van der Waals surface area contributed by atoms with Crippen molar-refractivity contribution in [1.29, 1.82) is 0 Å². The van der Waals surface area contributed by atoms with E-state index in [-0.39, 0.29) is 23.4 Å². The molecule has 0 unspecified atom stereocenters. The molecule has 6 heteroatoms. The number of amides is 1. The number of benzene rings is 2. The second-order valence-electron chi connectivity index (χ2n) is 6.27. The van der Waals surface area contributed by atoms with E-state index in [0.29, 0.717) is 0 Å². The van der Waals surface area contributed by atoms with Gasteiger partial charge in [0.1, 0.15) is 0 Å². The number of nitrogens with one attached hydrogen (secondary N) is 1. The number of rotatable bonds is 6. The summed E-state index contributed by atoms with van der Waals surface area (Å²) in [5.74, 6) is -0.341. The highest BCUT2D eigenvalue weighted by molar-refractivity contribution is 7.89. The third-order valence-electron chi connectivity index (χ3n) is 4.05. The Labute approximate surface area is 149 Å². The maximum Gasteiger partial charge on any atom is 0.243 e. The van der Waals surface area contributed by atoms with Crippen molar-refractivity contribution in [2.24, 2.45) is 0 Å². The number of sulfonamides is 1. The zero-order chi connectivity index (χ0) is 18.6. The Balaban J connectivity index is 2.01. The van der Waals surface area contributed by atoms with E-state index in [1.807, 2.05) is 45.0 Å². The molecule has 0 saturated carbocycles. The van der Waals surface area contributed by atoms with E-state index in [0.717, 1.165) is 21.0 Å². The Kier molecular flexibility index (Phi) is 5.98. The van der Waals surface area contributed by atoms with E-state index in [4.69, 9.17) is 0 Å². The van der Waals surface area contributed by atoms with Crippen LogP contribution in [0.4, 0.5) is 0 Å². The van der Waals surface area contributed by atoms with E-state index in [2.05, 4.69) is 5.32 Å². The lowest BCUT2D eigenvalue weighted by Crippen LogP contribution is -2.39. The summed E-state index contributed by atoms with van der Waals surface area (Å²) in [6.45, 7) is 5.53. The highest BCUT2D eigenvalue weighted by Crippen LogP contribution is 2.16. The van der Waals surface area contributed by atoms with Crippen LogP contribution in [0.25, 0.3) is 0 Å². The molecule has 1 N–H and O–H groups in total. The van der Waals surface area contributed by atoms with E-state index < -0.39 is 10.0 Å². The summed E-state index contributed by atoms with van der Waals surface area (Å²) in [7, 11) is -2.28. The van der Waals surface area contributed by atoms with Gasteiger partial charge in [0.2, 0.25) is 15.9 Å². The van der Waals surface area contributed by atoms with Gasteiger partial charge < -0.3 is 5.32 Å². The summed E-state index contributed by atoms with van der Waals surface area (Å²) in [5.41, 5.74) is 3.10. The molecule has 2 aromatic rings. The molecule has 0 heterocycles. The summed E-state index contributed by atoms with van der Waals surface area (Å²) >= 11 is 0. The van der Waals surface area contributed by atoms with Crippen LogP contribution in [0.3, 0.4) is 0 Å². The summed E-state index contributed by atoms with van der Waals surface area (Å²) in [5, 5.41) is 2.83. The third-order valence-corrected chi connectivity index (χ3v) is 5.87. The number of likely N-dealkylation sites (N-methyl/N-ethyl adjacent to an activating group) is 1. The molecule has 0 saturated heterocycles. The number of nitrogens with zero attached hydrogens (tertiary/aromatic N) is 1. The summed E-state index contributed by atoms with van der Waals surface area (Å²) in [6.07, 6.45) is 0. The zero-order valence-corrected chi connectivity index (χ0v) is 15.8. The Morgan fingerprint density at radius 2 is 1.48 bits per heavy atom. The van der Waals surface area contributed by atoms with Crippen LogP contribution in [0, 0.1) is 13.8 Å². The van der Waals surface area contributed by atoms with Gasteiger partial charge in [-0.25, -0.2) is 8.42 Å². The van der Waals surface area contributed by atoms with E-state index in [1.54, 1.807) is 24.3 Å². The quantitative estimate of drug-likeness (QED) is 0.861. The van der Waals surface area contributed by atoms with Crippen molar-refractivity contribution in [2.75, 3.05) is 13.6 Å². The fourth-order valence-electron chi connectivity index (χ4n) is 2.40. The van der Waals surface area contributed by atoms with Crippen molar-refractivity contribution >= 4 is 15.9 Å². The SMILES string of the molecule is Cc1ccc([C@@H](C)NC(=O)CN(C)S(=O)(=O)c2ccc(C)cc2)cc1. The van der Waals surface area contributed by atoms with Gasteiger partial charge >= 0.3 is 0 Å². The minimum absolute atomic E-state index is 0.181. The van der Waals surface area contributed by atoms with Crippen LogP contribution in [0.5, 0.6) is 0 Å². The van der Waals surface area contributed by atoms with Crippen molar-refractivity contribution in [3.8, 4) is 0 Å². The van der Waals surface area contributed by atoms with Crippen LogP contribution < -0.4 is 5.32 Å². The Hall–Kier alpha value is -2.18. The van der Waals surface area contributed by atoms with Crippen LogP contribution in [-0.2, 0) is 14.8 Å². The van der Waals surface area contributed by atoms with Crippen molar-refractivity contribution in [1.82, 2.24) is 9.62 Å². The first-order chi connectivity index (χ1) is 11.7. The van der Waals surface area contributed by atoms with Crippen LogP contribution in [0.2, 0.25) is 0 Å². The van der Waals surface area contributed by atoms with E-state index >= 15 is 0 Å². The third kappa shape index (κ3) is 4.90. The van der Waals surface area contributed by atoms with Crippen molar-refractivity contribution < 1.29 is 13.2 Å². The van der Waals surface area contributed by atoms with Gasteiger partial charge in [-0.05, 0) is 38.5 Å². The van der Waals surface area contributed by atoms with Crippen molar-refractivity contribution in [3.63, 3.8) is 0 Å². The van der Waals surface area contributed by atoms with Gasteiger partial charge in [-0.3, -0.25) is 4.79 Å². The molecule has 0 fully saturated rings. The van der Waals surface area contributed by atoms with Gasteiger partial charge in [-0.1, -0.05) is 47.5 Å². The minimum Gasteiger partial charge on any atom is -0.348 e. The number of aryl methyl sites for hydroxylation is 2. The normalized spacial score (nSPS) is 12.8. The van der Waals surface area contributed by atoms with Gasteiger partial charge in [0.15, 0.2) is 0 Å². The lowest BCUT2D eigenvalue weighted by molar-refractivity contribution is -0.121. The van der Waals surface area contributed by atoms with Crippen LogP contribution >= 0.6 is 0 Å². The first-order valence-electron chi connectivity index (χ1n) is 8.09. The zero-order valence-electron chi connectivity index (χ0n) is 15.0. The summed E-state index contributed by atoms with van der Waals surface area (Å²) < 4.78 is 26.1. The fraction of sp³-hybridized carbons (Fsp3) is 0.316. The maximum absolute atomic E-state index is 12.5. The van der Waals surface area contributed by atoms with Crippen molar-refractivity contribution in [3.05, 3.63) is 65.2 Å². The monoisotopic (exact) mass is 360 g/mol. The first-order valence-corrected chi connectivity index (χ1v) is 9.53. The molecular formula is C19H24N2O3S. The van der Waals surface area contributed by atoms with Gasteiger partial charge in [-0.2, -0.15) is 4.31 Å². The van der Waals surface area contributed by atoms with Gasteiger partial charge in [0.25, 0.3) is 0 Å². The lowest BCUT2D eigenvalue weighted by atomic mass is 10.1. The molecule has 1 atom stereocenters. The molecule has 2 rings (SSSR count). The van der Waals surface area contributed by atoms with Gasteiger partial charge in [0, 0.05) is 7.05 Å². The smallest absolute Gasteiger partial charge is 0.243 e. The number of hydrogen-bond acceptors (Lipinski definition) is 3. The average Bonchev–Trinajstić information content (AvgIpc) is 2.55. The summed E-state index contributed by atoms with van der Waals surface area (Å²) in [6, 6.07) is 14.2. The average molecular weight is 360 g/mol. The number of hydrogen-bond donors (Lipinski definition) is 1. The van der Waals surface area contributed by atoms with E-state index in [1.165, 1.54) is 7.05 Å². The molecule has 0 aliphatic rings. The lowest BCUT2D eigenvalue weighted by Gasteiger charge is -2.19. The Morgan fingerprint density at radius 3 is 2.00 bits per heavy atom. The molecule has 0 radical (unpaired) electrons. The molecule has 0 aliphatic heterocycles. The number of carbonyl (C=O) groups is 1. The predicted octanol–water partition coefficient (Wildman–Crippen LogP) is 2.80. The standard InChI is InChI=1S/C19H24N2O3S/c1-14-5-9-17(10-6-14)16(3)20-19(22)13-21(4)25(23,24)18-11-7-15(2)8-12-18/h5-12,16H,13H2,1-4H3,(H,20,22)/t16-/m1/s1.